The van der Waals surface area contributed by atoms with Gasteiger partial charge in [0.25, 0.3) is 0 Å². The number of hydrogen-bond acceptors (Lipinski definition) is 4. The highest BCUT2D eigenvalue weighted by Crippen LogP contribution is 2.25. The first-order chi connectivity index (χ1) is 8.19. The minimum absolute atomic E-state index is 0.276. The lowest BCUT2D eigenvalue weighted by atomic mass is 10.1. The molecule has 3 atom stereocenters. The van der Waals surface area contributed by atoms with Crippen LogP contribution in [0.4, 0.5) is 0 Å². The topological polar surface area (TPSA) is 44.7 Å². The van der Waals surface area contributed by atoms with E-state index in [0.717, 1.165) is 13.1 Å². The van der Waals surface area contributed by atoms with Gasteiger partial charge in [-0.1, -0.05) is 6.92 Å². The standard InChI is InChI=1S/C13H28N2O2/c1-4-12-6-5-11(2)15(12)10-13(16)9-14-7-8-17-3/h11-14,16H,4-10H2,1-3H3. The molecule has 102 valence electrons. The SMILES string of the molecule is CCC1CCC(C)N1CC(O)CNCCOC. The molecule has 4 nitrogen and oxygen atoms in total. The second-order valence-electron chi connectivity index (χ2n) is 5.04. The molecule has 2 N–H and O–H groups in total. The molecule has 1 rings (SSSR count). The normalized spacial score (nSPS) is 27.5. The first-order valence-electron chi connectivity index (χ1n) is 6.82. The van der Waals surface area contributed by atoms with Crippen molar-refractivity contribution in [2.24, 2.45) is 0 Å². The highest BCUT2D eigenvalue weighted by atomic mass is 16.5. The van der Waals surface area contributed by atoms with Crippen LogP contribution in [0.2, 0.25) is 0 Å². The predicted molar refractivity (Wildman–Crippen MR) is 70.2 cm³/mol. The second-order valence-corrected chi connectivity index (χ2v) is 5.04. The number of hydrogen-bond donors (Lipinski definition) is 2. The Labute approximate surface area is 105 Å². The van der Waals surface area contributed by atoms with E-state index in [1.54, 1.807) is 7.11 Å². The predicted octanol–water partition coefficient (Wildman–Crippen LogP) is 0.846. The van der Waals surface area contributed by atoms with Gasteiger partial charge in [-0.2, -0.15) is 0 Å². The monoisotopic (exact) mass is 244 g/mol. The number of aliphatic hydroxyl groups excluding tert-OH is 1. The van der Waals surface area contributed by atoms with E-state index in [1.807, 2.05) is 0 Å². The average Bonchev–Trinajstić information content (AvgIpc) is 2.66. The van der Waals surface area contributed by atoms with Crippen molar-refractivity contribution < 1.29 is 9.84 Å². The Morgan fingerprint density at radius 2 is 2.24 bits per heavy atom. The molecule has 17 heavy (non-hydrogen) atoms. The number of nitrogens with zero attached hydrogens (tertiary/aromatic N) is 1. The summed E-state index contributed by atoms with van der Waals surface area (Å²) in [7, 11) is 1.69. The number of β-amino-alcohol motifs (C(OH)–C–C–N with tert-alkyl or cyclic N) is 1. The smallest absolute Gasteiger partial charge is 0.0791 e. The minimum atomic E-state index is -0.276. The number of methoxy groups -OCH3 is 1. The van der Waals surface area contributed by atoms with Crippen LogP contribution in [0, 0.1) is 0 Å². The molecule has 0 bridgehead atoms. The lowest BCUT2D eigenvalue weighted by Crippen LogP contribution is -2.43. The molecule has 1 fully saturated rings. The van der Waals surface area contributed by atoms with Crippen LogP contribution in [0.1, 0.15) is 33.1 Å². The first-order valence-corrected chi connectivity index (χ1v) is 6.82. The fourth-order valence-corrected chi connectivity index (χ4v) is 2.64. The van der Waals surface area contributed by atoms with Gasteiger partial charge in [0.15, 0.2) is 0 Å². The zero-order valence-corrected chi connectivity index (χ0v) is 11.5. The maximum Gasteiger partial charge on any atom is 0.0791 e. The number of nitrogens with one attached hydrogen (secondary N) is 1. The van der Waals surface area contributed by atoms with Gasteiger partial charge in [0.2, 0.25) is 0 Å². The van der Waals surface area contributed by atoms with Gasteiger partial charge < -0.3 is 15.2 Å². The molecular weight excluding hydrogens is 216 g/mol. The van der Waals surface area contributed by atoms with Crippen LogP contribution in [0.15, 0.2) is 0 Å². The summed E-state index contributed by atoms with van der Waals surface area (Å²) in [5, 5.41) is 13.2. The van der Waals surface area contributed by atoms with Crippen molar-refractivity contribution in [1.29, 1.82) is 0 Å². The summed E-state index contributed by atoms with van der Waals surface area (Å²) in [5.74, 6) is 0. The molecule has 0 aromatic heterocycles. The van der Waals surface area contributed by atoms with E-state index in [-0.39, 0.29) is 6.10 Å². The van der Waals surface area contributed by atoms with Gasteiger partial charge in [-0.15, -0.1) is 0 Å². The molecule has 1 aliphatic rings. The largest absolute Gasteiger partial charge is 0.390 e. The zero-order chi connectivity index (χ0) is 12.7. The van der Waals surface area contributed by atoms with Crippen molar-refractivity contribution in [3.8, 4) is 0 Å². The van der Waals surface area contributed by atoms with Crippen LogP contribution >= 0.6 is 0 Å². The molecule has 3 unspecified atom stereocenters. The van der Waals surface area contributed by atoms with E-state index in [2.05, 4.69) is 24.1 Å². The van der Waals surface area contributed by atoms with Crippen molar-refractivity contribution in [1.82, 2.24) is 10.2 Å². The second kappa shape index (κ2) is 8.03. The van der Waals surface area contributed by atoms with E-state index >= 15 is 0 Å². The van der Waals surface area contributed by atoms with Crippen LogP contribution in [0.3, 0.4) is 0 Å². The minimum Gasteiger partial charge on any atom is -0.390 e. The summed E-state index contributed by atoms with van der Waals surface area (Å²) in [4.78, 5) is 2.46. The lowest BCUT2D eigenvalue weighted by molar-refractivity contribution is 0.0837. The van der Waals surface area contributed by atoms with Gasteiger partial charge in [0.1, 0.15) is 0 Å². The summed E-state index contributed by atoms with van der Waals surface area (Å²) >= 11 is 0. The van der Waals surface area contributed by atoms with Gasteiger partial charge in [0.05, 0.1) is 12.7 Å². The Morgan fingerprint density at radius 1 is 1.47 bits per heavy atom. The quantitative estimate of drug-likeness (QED) is 0.621. The molecule has 0 spiro atoms. The third-order valence-electron chi connectivity index (χ3n) is 3.71. The summed E-state index contributed by atoms with van der Waals surface area (Å²) in [6, 6.07) is 1.28. The number of rotatable bonds is 8. The maximum atomic E-state index is 10.00. The van der Waals surface area contributed by atoms with Crippen molar-refractivity contribution >= 4 is 0 Å². The van der Waals surface area contributed by atoms with Crippen molar-refractivity contribution in [2.45, 2.75) is 51.3 Å². The molecule has 0 aromatic carbocycles. The first kappa shape index (κ1) is 14.9. The molecule has 0 saturated carbocycles. The van der Waals surface area contributed by atoms with E-state index in [9.17, 15) is 5.11 Å². The Bertz CT molecular complexity index is 202. The Balaban J connectivity index is 2.22. The molecular formula is C13H28N2O2. The van der Waals surface area contributed by atoms with Crippen LogP contribution in [-0.4, -0.2) is 61.5 Å². The van der Waals surface area contributed by atoms with Crippen molar-refractivity contribution in [3.63, 3.8) is 0 Å². The van der Waals surface area contributed by atoms with Gasteiger partial charge in [-0.25, -0.2) is 0 Å². The third kappa shape index (κ3) is 4.92. The Kier molecular flexibility index (Phi) is 7.04. The summed E-state index contributed by atoms with van der Waals surface area (Å²) in [6.45, 7) is 7.45. The highest BCUT2D eigenvalue weighted by molar-refractivity contribution is 4.85. The van der Waals surface area contributed by atoms with Crippen LogP contribution in [0.5, 0.6) is 0 Å². The molecule has 0 aliphatic carbocycles. The average molecular weight is 244 g/mol. The fraction of sp³-hybridized carbons (Fsp3) is 1.00. The summed E-state index contributed by atoms with van der Waals surface area (Å²) in [6.07, 6.45) is 3.46. The molecule has 0 aromatic rings. The lowest BCUT2D eigenvalue weighted by Gasteiger charge is -2.29. The Morgan fingerprint density at radius 3 is 2.88 bits per heavy atom. The van der Waals surface area contributed by atoms with Gasteiger partial charge in [0, 0.05) is 38.8 Å². The van der Waals surface area contributed by atoms with Crippen molar-refractivity contribution in [3.05, 3.63) is 0 Å². The highest BCUT2D eigenvalue weighted by Gasteiger charge is 2.30. The van der Waals surface area contributed by atoms with Crippen LogP contribution in [0.25, 0.3) is 0 Å². The molecule has 4 heteroatoms. The molecule has 1 aliphatic heterocycles. The number of aliphatic hydroxyl groups is 1. The van der Waals surface area contributed by atoms with Crippen molar-refractivity contribution in [2.75, 3.05) is 33.4 Å². The molecule has 1 saturated heterocycles. The van der Waals surface area contributed by atoms with E-state index < -0.39 is 0 Å². The maximum absolute atomic E-state index is 10.00. The summed E-state index contributed by atoms with van der Waals surface area (Å²) in [5.41, 5.74) is 0. The molecule has 0 radical (unpaired) electrons. The van der Waals surface area contributed by atoms with E-state index in [4.69, 9.17) is 4.74 Å². The summed E-state index contributed by atoms with van der Waals surface area (Å²) < 4.78 is 4.95. The van der Waals surface area contributed by atoms with Crippen LogP contribution in [-0.2, 0) is 4.74 Å². The molecule has 1 heterocycles. The van der Waals surface area contributed by atoms with E-state index in [0.29, 0.717) is 25.2 Å². The third-order valence-corrected chi connectivity index (χ3v) is 3.71. The van der Waals surface area contributed by atoms with E-state index in [1.165, 1.54) is 19.3 Å². The zero-order valence-electron chi connectivity index (χ0n) is 11.5. The van der Waals surface area contributed by atoms with Gasteiger partial charge in [-0.05, 0) is 26.2 Å². The Hall–Kier alpha value is -0.160. The number of ether oxygens (including phenoxy) is 1. The van der Waals surface area contributed by atoms with Gasteiger partial charge >= 0.3 is 0 Å². The fourth-order valence-electron chi connectivity index (χ4n) is 2.64. The van der Waals surface area contributed by atoms with Gasteiger partial charge in [-0.3, -0.25) is 4.90 Å². The number of likely N-dealkylation sites (tertiary alicyclic amines) is 1. The molecule has 0 amide bonds. The van der Waals surface area contributed by atoms with Crippen LogP contribution < -0.4 is 5.32 Å².